The summed E-state index contributed by atoms with van der Waals surface area (Å²) >= 11 is 0. The van der Waals surface area contributed by atoms with Crippen LogP contribution in [0.5, 0.6) is 0 Å². The maximum atomic E-state index is 11.0. The molecule has 1 N–H and O–H groups in total. The van der Waals surface area contributed by atoms with Gasteiger partial charge in [0, 0.05) is 24.9 Å². The van der Waals surface area contributed by atoms with Crippen molar-refractivity contribution in [3.63, 3.8) is 0 Å². The second-order valence-corrected chi connectivity index (χ2v) is 6.58. The van der Waals surface area contributed by atoms with Gasteiger partial charge in [0.25, 0.3) is 0 Å². The Morgan fingerprint density at radius 2 is 2.18 bits per heavy atom. The van der Waals surface area contributed by atoms with E-state index in [2.05, 4.69) is 5.32 Å². The van der Waals surface area contributed by atoms with E-state index in [9.17, 15) is 8.42 Å². The predicted molar refractivity (Wildman–Crippen MR) is 67.5 cm³/mol. The second kappa shape index (κ2) is 6.18. The summed E-state index contributed by atoms with van der Waals surface area (Å²) in [5.41, 5.74) is 1.10. The molecule has 1 aromatic heterocycles. The Labute approximate surface area is 103 Å². The highest BCUT2D eigenvalue weighted by molar-refractivity contribution is 7.90. The fraction of sp³-hybridized carbons (Fsp3) is 0.636. The van der Waals surface area contributed by atoms with Crippen LogP contribution in [-0.4, -0.2) is 46.0 Å². The van der Waals surface area contributed by atoms with Crippen LogP contribution in [0.2, 0.25) is 0 Å². The van der Waals surface area contributed by atoms with Crippen LogP contribution in [0, 0.1) is 0 Å². The summed E-state index contributed by atoms with van der Waals surface area (Å²) in [5.74, 6) is 1.03. The van der Waals surface area contributed by atoms with Gasteiger partial charge >= 0.3 is 0 Å². The third-order valence-corrected chi connectivity index (χ3v) is 3.28. The highest BCUT2D eigenvalue weighted by Gasteiger charge is 2.08. The lowest BCUT2D eigenvalue weighted by Gasteiger charge is -2.13. The molecule has 0 aliphatic heterocycles. The molecule has 0 amide bonds. The molecule has 1 rings (SSSR count). The molecule has 0 saturated heterocycles. The van der Waals surface area contributed by atoms with Gasteiger partial charge < -0.3 is 9.73 Å². The Morgan fingerprint density at radius 3 is 2.76 bits per heavy atom. The first-order valence-corrected chi connectivity index (χ1v) is 7.54. The van der Waals surface area contributed by atoms with Gasteiger partial charge in [-0.1, -0.05) is 0 Å². The fourth-order valence-electron chi connectivity index (χ4n) is 1.47. The Kier molecular flexibility index (Phi) is 5.17. The molecule has 17 heavy (non-hydrogen) atoms. The van der Waals surface area contributed by atoms with E-state index in [1.54, 1.807) is 6.26 Å². The number of furan rings is 1. The van der Waals surface area contributed by atoms with E-state index >= 15 is 0 Å². The average molecular weight is 260 g/mol. The third-order valence-electron chi connectivity index (χ3n) is 2.36. The number of nitrogens with one attached hydrogen (secondary N) is 1. The van der Waals surface area contributed by atoms with E-state index in [0.717, 1.165) is 17.9 Å². The van der Waals surface area contributed by atoms with Crippen molar-refractivity contribution in [2.45, 2.75) is 13.1 Å². The van der Waals surface area contributed by atoms with E-state index in [4.69, 9.17) is 4.42 Å². The van der Waals surface area contributed by atoms with Gasteiger partial charge in [-0.15, -0.1) is 0 Å². The molecule has 0 fully saturated rings. The smallest absolute Gasteiger partial charge is 0.148 e. The molecule has 0 radical (unpaired) electrons. The molecule has 0 unspecified atom stereocenters. The molecule has 0 bridgehead atoms. The van der Waals surface area contributed by atoms with Gasteiger partial charge in [-0.2, -0.15) is 0 Å². The summed E-state index contributed by atoms with van der Waals surface area (Å²) < 4.78 is 27.4. The van der Waals surface area contributed by atoms with Crippen molar-refractivity contribution in [3.8, 4) is 0 Å². The van der Waals surface area contributed by atoms with Crippen LogP contribution in [0.25, 0.3) is 0 Å². The molecule has 1 aromatic rings. The van der Waals surface area contributed by atoms with Crippen molar-refractivity contribution in [1.29, 1.82) is 0 Å². The lowest BCUT2D eigenvalue weighted by Crippen LogP contribution is -2.24. The van der Waals surface area contributed by atoms with Crippen LogP contribution in [-0.2, 0) is 22.9 Å². The first-order chi connectivity index (χ1) is 7.90. The van der Waals surface area contributed by atoms with Crippen LogP contribution in [0.4, 0.5) is 0 Å². The molecule has 0 atom stereocenters. The SMILES string of the molecule is CNCc1coc(CN(C)CCS(C)(=O)=O)c1. The first-order valence-electron chi connectivity index (χ1n) is 5.48. The minimum absolute atomic E-state index is 0.174. The molecule has 1 heterocycles. The van der Waals surface area contributed by atoms with Crippen molar-refractivity contribution >= 4 is 9.84 Å². The average Bonchev–Trinajstić information content (AvgIpc) is 2.62. The Morgan fingerprint density at radius 1 is 1.47 bits per heavy atom. The summed E-state index contributed by atoms with van der Waals surface area (Å²) in [6.45, 7) is 1.91. The van der Waals surface area contributed by atoms with Gasteiger partial charge in [0.2, 0.25) is 0 Å². The summed E-state index contributed by atoms with van der Waals surface area (Å²) in [4.78, 5) is 1.93. The summed E-state index contributed by atoms with van der Waals surface area (Å²) in [5, 5.41) is 3.04. The van der Waals surface area contributed by atoms with Gasteiger partial charge in [-0.3, -0.25) is 4.90 Å². The molecule has 5 nitrogen and oxygen atoms in total. The van der Waals surface area contributed by atoms with Gasteiger partial charge in [0.05, 0.1) is 18.6 Å². The zero-order valence-corrected chi connectivity index (χ0v) is 11.4. The third kappa shape index (κ3) is 5.86. The maximum Gasteiger partial charge on any atom is 0.148 e. The van der Waals surface area contributed by atoms with Gasteiger partial charge in [0.15, 0.2) is 0 Å². The van der Waals surface area contributed by atoms with Gasteiger partial charge in [-0.05, 0) is 20.2 Å². The minimum Gasteiger partial charge on any atom is -0.468 e. The normalized spacial score (nSPS) is 12.2. The molecule has 0 spiro atoms. The molecule has 0 aliphatic rings. The molecule has 0 aromatic carbocycles. The predicted octanol–water partition coefficient (Wildman–Crippen LogP) is 0.475. The Bertz CT molecular complexity index is 439. The zero-order valence-electron chi connectivity index (χ0n) is 10.6. The van der Waals surface area contributed by atoms with E-state index in [-0.39, 0.29) is 5.75 Å². The first kappa shape index (κ1) is 14.2. The largest absolute Gasteiger partial charge is 0.468 e. The monoisotopic (exact) mass is 260 g/mol. The Balaban J connectivity index is 2.42. The van der Waals surface area contributed by atoms with Crippen molar-refractivity contribution in [1.82, 2.24) is 10.2 Å². The maximum absolute atomic E-state index is 11.0. The second-order valence-electron chi connectivity index (χ2n) is 4.32. The van der Waals surface area contributed by atoms with E-state index in [1.807, 2.05) is 25.1 Å². The zero-order chi connectivity index (χ0) is 12.9. The molecular formula is C11H20N2O3S. The molecule has 98 valence electrons. The summed E-state index contributed by atoms with van der Waals surface area (Å²) in [6.07, 6.45) is 2.97. The highest BCUT2D eigenvalue weighted by Crippen LogP contribution is 2.09. The van der Waals surface area contributed by atoms with Crippen molar-refractivity contribution in [2.75, 3.05) is 32.6 Å². The molecule has 6 heteroatoms. The number of sulfone groups is 1. The van der Waals surface area contributed by atoms with Crippen molar-refractivity contribution in [2.24, 2.45) is 0 Å². The van der Waals surface area contributed by atoms with Crippen LogP contribution < -0.4 is 5.32 Å². The quantitative estimate of drug-likeness (QED) is 0.772. The summed E-state index contributed by atoms with van der Waals surface area (Å²) in [6, 6.07) is 1.98. The highest BCUT2D eigenvalue weighted by atomic mass is 32.2. The van der Waals surface area contributed by atoms with E-state index in [1.165, 1.54) is 6.26 Å². The van der Waals surface area contributed by atoms with Gasteiger partial charge in [0.1, 0.15) is 15.6 Å². The van der Waals surface area contributed by atoms with Gasteiger partial charge in [-0.25, -0.2) is 8.42 Å². The van der Waals surface area contributed by atoms with E-state index in [0.29, 0.717) is 13.1 Å². The Hall–Kier alpha value is -0.850. The van der Waals surface area contributed by atoms with Crippen LogP contribution in [0.15, 0.2) is 16.7 Å². The lowest BCUT2D eigenvalue weighted by atomic mass is 10.3. The van der Waals surface area contributed by atoms with Crippen molar-refractivity contribution in [3.05, 3.63) is 23.7 Å². The van der Waals surface area contributed by atoms with E-state index < -0.39 is 9.84 Å². The minimum atomic E-state index is -2.90. The van der Waals surface area contributed by atoms with Crippen LogP contribution in [0.3, 0.4) is 0 Å². The van der Waals surface area contributed by atoms with Crippen LogP contribution >= 0.6 is 0 Å². The lowest BCUT2D eigenvalue weighted by molar-refractivity contribution is 0.310. The van der Waals surface area contributed by atoms with Crippen LogP contribution in [0.1, 0.15) is 11.3 Å². The fourth-order valence-corrected chi connectivity index (χ4v) is 2.12. The van der Waals surface area contributed by atoms with Crippen molar-refractivity contribution < 1.29 is 12.8 Å². The summed E-state index contributed by atoms with van der Waals surface area (Å²) in [7, 11) is 0.863. The molecule has 0 aliphatic carbocycles. The number of hydrogen-bond donors (Lipinski definition) is 1. The standard InChI is InChI=1S/C11H20N2O3S/c1-12-7-10-6-11(16-9-10)8-13(2)4-5-17(3,14)15/h6,9,12H,4-5,7-8H2,1-3H3. The number of hydrogen-bond acceptors (Lipinski definition) is 5. The molecular weight excluding hydrogens is 240 g/mol. The molecule has 0 saturated carbocycles. The topological polar surface area (TPSA) is 62.6 Å². The number of rotatable bonds is 7. The number of nitrogens with zero attached hydrogens (tertiary/aromatic N) is 1.